The van der Waals surface area contributed by atoms with Crippen LogP contribution in [0.5, 0.6) is 5.75 Å². The van der Waals surface area contributed by atoms with Crippen LogP contribution in [0.15, 0.2) is 42.5 Å². The summed E-state index contributed by atoms with van der Waals surface area (Å²) in [5.74, 6) is 0.830. The Kier molecular flexibility index (Phi) is 4.80. The number of hydrogen-bond donors (Lipinski definition) is 1. The van der Waals surface area contributed by atoms with E-state index in [4.69, 9.17) is 4.74 Å². The molecule has 1 N–H and O–H groups in total. The van der Waals surface area contributed by atoms with E-state index in [1.165, 1.54) is 16.7 Å². The molecular weight excluding hydrogens is 248 g/mol. The lowest BCUT2D eigenvalue weighted by molar-refractivity contribution is 0.173. The predicted octanol–water partition coefficient (Wildman–Crippen LogP) is 4.33. The molecule has 2 aromatic carbocycles. The van der Waals surface area contributed by atoms with E-state index in [-0.39, 0.29) is 6.10 Å². The lowest BCUT2D eigenvalue weighted by Crippen LogP contribution is -1.98. The number of rotatable bonds is 5. The number of aryl methyl sites for hydroxylation is 2. The molecule has 106 valence electrons. The summed E-state index contributed by atoms with van der Waals surface area (Å²) < 4.78 is 5.79. The third-order valence-electron chi connectivity index (χ3n) is 3.34. The minimum absolute atomic E-state index is 0.386. The maximum Gasteiger partial charge on any atom is 0.119 e. The lowest BCUT2D eigenvalue weighted by Gasteiger charge is -2.11. The summed E-state index contributed by atoms with van der Waals surface area (Å²) in [6.07, 6.45) is 0.339. The van der Waals surface area contributed by atoms with Gasteiger partial charge in [0.15, 0.2) is 0 Å². The fourth-order valence-corrected chi connectivity index (χ4v) is 2.34. The van der Waals surface area contributed by atoms with Crippen LogP contribution in [-0.4, -0.2) is 5.11 Å². The third kappa shape index (κ3) is 3.84. The zero-order chi connectivity index (χ0) is 14.5. The van der Waals surface area contributed by atoms with Gasteiger partial charge in [0.2, 0.25) is 0 Å². The molecule has 2 rings (SSSR count). The molecule has 0 bridgehead atoms. The lowest BCUT2D eigenvalue weighted by atomic mass is 10.1. The van der Waals surface area contributed by atoms with Gasteiger partial charge in [-0.3, -0.25) is 0 Å². The predicted molar refractivity (Wildman–Crippen MR) is 81.9 cm³/mol. The van der Waals surface area contributed by atoms with E-state index in [9.17, 15) is 5.11 Å². The van der Waals surface area contributed by atoms with E-state index in [0.29, 0.717) is 6.61 Å². The molecule has 0 radical (unpaired) electrons. The Morgan fingerprint density at radius 1 is 1.00 bits per heavy atom. The van der Waals surface area contributed by atoms with Crippen molar-refractivity contribution in [3.8, 4) is 5.75 Å². The topological polar surface area (TPSA) is 29.5 Å². The van der Waals surface area contributed by atoms with Gasteiger partial charge in [0, 0.05) is 0 Å². The molecule has 2 nitrogen and oxygen atoms in total. The normalized spacial score (nSPS) is 12.2. The number of aliphatic hydroxyl groups excluding tert-OH is 1. The van der Waals surface area contributed by atoms with Crippen molar-refractivity contribution in [2.24, 2.45) is 0 Å². The van der Waals surface area contributed by atoms with E-state index in [0.717, 1.165) is 17.7 Å². The summed E-state index contributed by atoms with van der Waals surface area (Å²) in [4.78, 5) is 0. The fraction of sp³-hybridized carbons (Fsp3) is 0.333. The average molecular weight is 270 g/mol. The second kappa shape index (κ2) is 6.58. The molecule has 0 aliphatic carbocycles. The van der Waals surface area contributed by atoms with Crippen molar-refractivity contribution in [1.82, 2.24) is 0 Å². The van der Waals surface area contributed by atoms with E-state index < -0.39 is 0 Å². The summed E-state index contributed by atoms with van der Waals surface area (Å²) >= 11 is 0. The van der Waals surface area contributed by atoms with Gasteiger partial charge in [0.25, 0.3) is 0 Å². The van der Waals surface area contributed by atoms with Crippen LogP contribution in [0.25, 0.3) is 0 Å². The molecule has 0 spiro atoms. The van der Waals surface area contributed by atoms with Gasteiger partial charge in [0.1, 0.15) is 12.4 Å². The Morgan fingerprint density at radius 3 is 2.15 bits per heavy atom. The van der Waals surface area contributed by atoms with Crippen LogP contribution < -0.4 is 4.74 Å². The molecule has 0 aliphatic heterocycles. The third-order valence-corrected chi connectivity index (χ3v) is 3.34. The molecule has 0 saturated carbocycles. The first-order valence-corrected chi connectivity index (χ1v) is 7.06. The molecule has 0 amide bonds. The molecule has 0 heterocycles. The smallest absolute Gasteiger partial charge is 0.119 e. The molecular formula is C18H22O2. The van der Waals surface area contributed by atoms with Gasteiger partial charge in [-0.1, -0.05) is 48.4 Å². The molecule has 0 aromatic heterocycles. The van der Waals surface area contributed by atoms with Crippen LogP contribution in [0.1, 0.15) is 41.7 Å². The van der Waals surface area contributed by atoms with Crippen LogP contribution in [0.4, 0.5) is 0 Å². The van der Waals surface area contributed by atoms with Crippen molar-refractivity contribution in [3.63, 3.8) is 0 Å². The highest BCUT2D eigenvalue weighted by atomic mass is 16.5. The van der Waals surface area contributed by atoms with Gasteiger partial charge in [0.05, 0.1) is 6.10 Å². The first kappa shape index (κ1) is 14.6. The van der Waals surface area contributed by atoms with Crippen molar-refractivity contribution in [2.75, 3.05) is 0 Å². The summed E-state index contributed by atoms with van der Waals surface area (Å²) in [5, 5.41) is 9.75. The molecule has 0 aliphatic rings. The Labute approximate surface area is 121 Å². The van der Waals surface area contributed by atoms with Gasteiger partial charge in [-0.2, -0.15) is 0 Å². The van der Waals surface area contributed by atoms with E-state index in [1.54, 1.807) is 0 Å². The van der Waals surface area contributed by atoms with Crippen molar-refractivity contribution >= 4 is 0 Å². The zero-order valence-electron chi connectivity index (χ0n) is 12.4. The maximum absolute atomic E-state index is 9.75. The van der Waals surface area contributed by atoms with Crippen molar-refractivity contribution < 1.29 is 9.84 Å². The Bertz CT molecular complexity index is 538. The number of benzene rings is 2. The van der Waals surface area contributed by atoms with Gasteiger partial charge in [-0.25, -0.2) is 0 Å². The van der Waals surface area contributed by atoms with Crippen LogP contribution in [-0.2, 0) is 6.61 Å². The second-order valence-electron chi connectivity index (χ2n) is 5.28. The quantitative estimate of drug-likeness (QED) is 0.876. The number of hydrogen-bond acceptors (Lipinski definition) is 2. The van der Waals surface area contributed by atoms with Crippen LogP contribution >= 0.6 is 0 Å². The average Bonchev–Trinajstić information content (AvgIpc) is 2.44. The van der Waals surface area contributed by atoms with Crippen molar-refractivity contribution in [3.05, 3.63) is 64.7 Å². The maximum atomic E-state index is 9.75. The highest BCUT2D eigenvalue weighted by molar-refractivity contribution is 5.31. The van der Waals surface area contributed by atoms with Gasteiger partial charge in [-0.15, -0.1) is 0 Å². The highest BCUT2D eigenvalue weighted by Gasteiger charge is 2.04. The summed E-state index contributed by atoms with van der Waals surface area (Å²) in [6.45, 7) is 6.72. The molecule has 2 heteroatoms. The monoisotopic (exact) mass is 270 g/mol. The molecule has 0 fully saturated rings. The number of aliphatic hydroxyl groups is 1. The van der Waals surface area contributed by atoms with Gasteiger partial charge in [-0.05, 0) is 43.5 Å². The largest absolute Gasteiger partial charge is 0.489 e. The summed E-state index contributed by atoms with van der Waals surface area (Å²) in [7, 11) is 0. The van der Waals surface area contributed by atoms with Crippen LogP contribution in [0, 0.1) is 13.8 Å². The summed E-state index contributed by atoms with van der Waals surface area (Å²) in [6, 6.07) is 14.1. The Balaban J connectivity index is 2.00. The fourth-order valence-electron chi connectivity index (χ4n) is 2.34. The van der Waals surface area contributed by atoms with E-state index in [2.05, 4.69) is 32.0 Å². The molecule has 1 atom stereocenters. The van der Waals surface area contributed by atoms with Gasteiger partial charge >= 0.3 is 0 Å². The van der Waals surface area contributed by atoms with Crippen molar-refractivity contribution in [1.29, 1.82) is 0 Å². The Hall–Kier alpha value is -1.80. The minimum atomic E-state index is -0.386. The van der Waals surface area contributed by atoms with Crippen molar-refractivity contribution in [2.45, 2.75) is 39.9 Å². The minimum Gasteiger partial charge on any atom is -0.489 e. The summed E-state index contributed by atoms with van der Waals surface area (Å²) in [5.41, 5.74) is 4.63. The molecule has 0 saturated heterocycles. The van der Waals surface area contributed by atoms with Crippen LogP contribution in [0.3, 0.4) is 0 Å². The molecule has 2 aromatic rings. The second-order valence-corrected chi connectivity index (χ2v) is 5.28. The molecule has 20 heavy (non-hydrogen) atoms. The Morgan fingerprint density at radius 2 is 1.60 bits per heavy atom. The standard InChI is InChI=1S/C18H22O2/c1-4-18(19)16-5-7-17(8-6-16)20-12-15-10-13(2)9-14(3)11-15/h5-11,18-19H,4,12H2,1-3H3/t18-/m0/s1. The molecule has 0 unspecified atom stereocenters. The SMILES string of the molecule is CC[C@H](O)c1ccc(OCc2cc(C)cc(C)c2)cc1. The highest BCUT2D eigenvalue weighted by Crippen LogP contribution is 2.20. The zero-order valence-corrected chi connectivity index (χ0v) is 12.4. The van der Waals surface area contributed by atoms with Gasteiger partial charge < -0.3 is 9.84 Å². The van der Waals surface area contributed by atoms with E-state index in [1.807, 2.05) is 31.2 Å². The van der Waals surface area contributed by atoms with E-state index >= 15 is 0 Å². The number of ether oxygens (including phenoxy) is 1. The van der Waals surface area contributed by atoms with Crippen LogP contribution in [0.2, 0.25) is 0 Å². The first-order chi connectivity index (χ1) is 9.58. The first-order valence-electron chi connectivity index (χ1n) is 7.06.